The second-order valence-electron chi connectivity index (χ2n) is 5.21. The van der Waals surface area contributed by atoms with Crippen LogP contribution in [-0.4, -0.2) is 11.0 Å². The lowest BCUT2D eigenvalue weighted by Gasteiger charge is -2.23. The van der Waals surface area contributed by atoms with Crippen LogP contribution >= 0.6 is 23.0 Å². The summed E-state index contributed by atoms with van der Waals surface area (Å²) < 4.78 is 18.8. The summed E-state index contributed by atoms with van der Waals surface area (Å²) in [5.41, 5.74) is 1.39. The van der Waals surface area contributed by atoms with Gasteiger partial charge in [0, 0.05) is 16.9 Å². The van der Waals surface area contributed by atoms with Gasteiger partial charge in [0.1, 0.15) is 5.75 Å². The van der Waals surface area contributed by atoms with E-state index in [9.17, 15) is 14.3 Å². The largest absolute Gasteiger partial charge is 0.505 e. The summed E-state index contributed by atoms with van der Waals surface area (Å²) in [6.07, 6.45) is 0. The molecule has 0 atom stereocenters. The highest BCUT2D eigenvalue weighted by molar-refractivity contribution is 14.1. The molecule has 0 aliphatic heterocycles. The zero-order valence-corrected chi connectivity index (χ0v) is 15.1. The summed E-state index contributed by atoms with van der Waals surface area (Å²) in [5, 5.41) is 9.34. The molecule has 0 spiro atoms. The van der Waals surface area contributed by atoms with Crippen molar-refractivity contribution >= 4 is 40.3 Å². The Bertz CT molecular complexity index is 885. The van der Waals surface area contributed by atoms with Gasteiger partial charge in [0.25, 0.3) is 5.91 Å². The minimum Gasteiger partial charge on any atom is -0.505 e. The first-order valence-corrected chi connectivity index (χ1v) is 8.25. The molecule has 0 radical (unpaired) electrons. The minimum atomic E-state index is -0.840. The molecule has 4 nitrogen and oxygen atoms in total. The van der Waals surface area contributed by atoms with Crippen LogP contribution < -0.4 is 7.97 Å². The number of anilines is 2. The predicted octanol–water partition coefficient (Wildman–Crippen LogP) is 5.24. The molecule has 1 N–H and O–H groups in total. The van der Waals surface area contributed by atoms with Crippen LogP contribution in [0.25, 0.3) is 0 Å². The van der Waals surface area contributed by atoms with Crippen LogP contribution in [0.3, 0.4) is 0 Å². The maximum absolute atomic E-state index is 13.7. The number of carbonyl (C=O) groups is 1. The molecule has 0 fully saturated rings. The third kappa shape index (κ3) is 3.74. The van der Waals surface area contributed by atoms with Gasteiger partial charge in [0.05, 0.1) is 0 Å². The average Bonchev–Trinajstić information content (AvgIpc) is 2.65. The Kier molecular flexibility index (Phi) is 5.18. The molecule has 3 rings (SSSR count). The van der Waals surface area contributed by atoms with Gasteiger partial charge >= 0.3 is 0 Å². The summed E-state index contributed by atoms with van der Waals surface area (Å²) >= 11 is 1.78. The Morgan fingerprint density at radius 3 is 2.20 bits per heavy atom. The third-order valence-electron chi connectivity index (χ3n) is 3.60. The van der Waals surface area contributed by atoms with Crippen molar-refractivity contribution in [3.05, 3.63) is 84.2 Å². The number of rotatable bonds is 4. The summed E-state index contributed by atoms with van der Waals surface area (Å²) in [6.45, 7) is 0. The smallest absolute Gasteiger partial charge is 0.262 e. The fourth-order valence-corrected chi connectivity index (χ4v) is 2.67. The Morgan fingerprint density at radius 2 is 1.60 bits per heavy atom. The molecule has 0 aliphatic rings. The molecule has 0 unspecified atom stereocenters. The summed E-state index contributed by atoms with van der Waals surface area (Å²) in [6, 6.07) is 19.6. The molecule has 0 saturated carbocycles. The van der Waals surface area contributed by atoms with E-state index in [2.05, 4.69) is 0 Å². The van der Waals surface area contributed by atoms with Gasteiger partial charge in [-0.05, 0) is 54.6 Å². The molecular formula is C19H13FINO3. The Balaban J connectivity index is 2.06. The molecule has 0 aliphatic carbocycles. The number of benzene rings is 3. The van der Waals surface area contributed by atoms with E-state index in [0.717, 1.165) is 6.07 Å². The second kappa shape index (κ2) is 7.52. The Morgan fingerprint density at radius 1 is 0.960 bits per heavy atom. The van der Waals surface area contributed by atoms with Gasteiger partial charge in [-0.15, -0.1) is 0 Å². The number of hydrogen-bond donors (Lipinski definition) is 1. The topological polar surface area (TPSA) is 49.8 Å². The van der Waals surface area contributed by atoms with Crippen LogP contribution in [0.2, 0.25) is 0 Å². The normalized spacial score (nSPS) is 10.3. The Hall–Kier alpha value is -2.61. The third-order valence-corrected chi connectivity index (χ3v) is 4.10. The van der Waals surface area contributed by atoms with E-state index in [0.29, 0.717) is 17.1 Å². The molecule has 3 aromatic rings. The quantitative estimate of drug-likeness (QED) is 0.555. The molecule has 6 heteroatoms. The number of para-hydroxylation sites is 1. The molecule has 25 heavy (non-hydrogen) atoms. The minimum absolute atomic E-state index is 0.133. The van der Waals surface area contributed by atoms with Crippen LogP contribution in [-0.2, 0) is 0 Å². The molecule has 0 bridgehead atoms. The van der Waals surface area contributed by atoms with E-state index in [1.165, 1.54) is 17.0 Å². The van der Waals surface area contributed by atoms with E-state index in [1.54, 1.807) is 59.4 Å². The van der Waals surface area contributed by atoms with Crippen molar-refractivity contribution in [3.63, 3.8) is 0 Å². The first kappa shape index (κ1) is 17.2. The van der Waals surface area contributed by atoms with E-state index < -0.39 is 17.5 Å². The number of phenolic OH excluding ortho intramolecular Hbond substituents is 1. The predicted molar refractivity (Wildman–Crippen MR) is 102 cm³/mol. The highest BCUT2D eigenvalue weighted by atomic mass is 127. The van der Waals surface area contributed by atoms with E-state index in [4.69, 9.17) is 3.07 Å². The number of amides is 1. The SMILES string of the molecule is O=C(c1ccc(O)c(F)c1)N(c1ccccc1)c1ccc(OI)cc1. The van der Waals surface area contributed by atoms with Crippen LogP contribution in [0.4, 0.5) is 15.8 Å². The maximum atomic E-state index is 13.7. The van der Waals surface area contributed by atoms with Crippen molar-refractivity contribution in [1.29, 1.82) is 0 Å². The molecular weight excluding hydrogens is 436 g/mol. The molecule has 1 amide bonds. The van der Waals surface area contributed by atoms with Crippen molar-refractivity contribution in [1.82, 2.24) is 0 Å². The number of hydrogen-bond acceptors (Lipinski definition) is 3. The van der Waals surface area contributed by atoms with Gasteiger partial charge < -0.3 is 8.17 Å². The van der Waals surface area contributed by atoms with Crippen LogP contribution in [0.5, 0.6) is 11.5 Å². The molecule has 0 aromatic heterocycles. The van der Waals surface area contributed by atoms with Crippen molar-refractivity contribution in [2.24, 2.45) is 0 Å². The summed E-state index contributed by atoms with van der Waals surface area (Å²) in [5.74, 6) is -1.09. The lowest BCUT2D eigenvalue weighted by atomic mass is 10.1. The van der Waals surface area contributed by atoms with Gasteiger partial charge in [-0.3, -0.25) is 9.69 Å². The van der Waals surface area contributed by atoms with Gasteiger partial charge in [0.15, 0.2) is 34.6 Å². The van der Waals surface area contributed by atoms with E-state index in [-0.39, 0.29) is 5.56 Å². The number of halogens is 2. The lowest BCUT2D eigenvalue weighted by Crippen LogP contribution is -2.26. The Labute approximate surface area is 158 Å². The molecule has 3 aromatic carbocycles. The van der Waals surface area contributed by atoms with Crippen molar-refractivity contribution in [3.8, 4) is 11.5 Å². The first-order chi connectivity index (χ1) is 12.1. The molecule has 126 valence electrons. The monoisotopic (exact) mass is 449 g/mol. The molecule has 0 heterocycles. The van der Waals surface area contributed by atoms with E-state index >= 15 is 0 Å². The zero-order chi connectivity index (χ0) is 17.8. The lowest BCUT2D eigenvalue weighted by molar-refractivity contribution is 0.0999. The van der Waals surface area contributed by atoms with Crippen LogP contribution in [0.15, 0.2) is 72.8 Å². The number of carbonyl (C=O) groups excluding carboxylic acids is 1. The number of phenols is 1. The van der Waals surface area contributed by atoms with Gasteiger partial charge in [0.2, 0.25) is 0 Å². The standard InChI is InChI=1S/C19H13FINO3/c20-17-12-13(6-11-18(17)23)19(24)22(14-4-2-1-3-5-14)15-7-9-16(25-21)10-8-15/h1-12,23H. The van der Waals surface area contributed by atoms with Gasteiger partial charge in [-0.25, -0.2) is 4.39 Å². The maximum Gasteiger partial charge on any atom is 0.262 e. The summed E-state index contributed by atoms with van der Waals surface area (Å²) in [7, 11) is 0. The fraction of sp³-hybridized carbons (Fsp3) is 0. The average molecular weight is 449 g/mol. The van der Waals surface area contributed by atoms with E-state index in [1.807, 2.05) is 18.2 Å². The van der Waals surface area contributed by atoms with Gasteiger partial charge in [-0.2, -0.15) is 0 Å². The molecule has 0 saturated heterocycles. The van der Waals surface area contributed by atoms with Crippen molar-refractivity contribution in [2.75, 3.05) is 4.90 Å². The van der Waals surface area contributed by atoms with Gasteiger partial charge in [-0.1, -0.05) is 18.2 Å². The highest BCUT2D eigenvalue weighted by Gasteiger charge is 2.21. The number of aromatic hydroxyl groups is 1. The zero-order valence-electron chi connectivity index (χ0n) is 12.9. The van der Waals surface area contributed by atoms with Crippen LogP contribution in [0, 0.1) is 5.82 Å². The van der Waals surface area contributed by atoms with Crippen molar-refractivity contribution < 1.29 is 17.4 Å². The van der Waals surface area contributed by atoms with Crippen LogP contribution in [0.1, 0.15) is 10.4 Å². The first-order valence-electron chi connectivity index (χ1n) is 7.37. The number of nitrogens with zero attached hydrogens (tertiary/aromatic N) is 1. The second-order valence-corrected chi connectivity index (χ2v) is 5.65. The van der Waals surface area contributed by atoms with Crippen molar-refractivity contribution in [2.45, 2.75) is 0 Å². The summed E-state index contributed by atoms with van der Waals surface area (Å²) in [4.78, 5) is 14.5. The fourth-order valence-electron chi connectivity index (χ4n) is 2.38. The highest BCUT2D eigenvalue weighted by Crippen LogP contribution is 2.30.